The van der Waals surface area contributed by atoms with Gasteiger partial charge in [0.15, 0.2) is 0 Å². The Morgan fingerprint density at radius 3 is 2.56 bits per heavy atom. The molecule has 9 heavy (non-hydrogen) atoms. The van der Waals surface area contributed by atoms with E-state index < -0.39 is 0 Å². The van der Waals surface area contributed by atoms with E-state index in [1.807, 2.05) is 19.9 Å². The highest BCUT2D eigenvalue weighted by Gasteiger charge is 1.99. The molecule has 0 saturated carbocycles. The predicted octanol–water partition coefficient (Wildman–Crippen LogP) is 2.62. The monoisotopic (exact) mass is 122 g/mol. The van der Waals surface area contributed by atoms with Crippen LogP contribution < -0.4 is 0 Å². The van der Waals surface area contributed by atoms with E-state index in [4.69, 9.17) is 4.42 Å². The molecule has 1 aromatic rings. The average molecular weight is 122 g/mol. The third-order valence-electron chi connectivity index (χ3n) is 1.25. The molecule has 0 N–H and O–H groups in total. The minimum atomic E-state index is 0.912. The molecule has 0 saturated heterocycles. The normalized spacial score (nSPS) is 9.56. The summed E-state index contributed by atoms with van der Waals surface area (Å²) in [6.07, 6.45) is 1.68. The maximum Gasteiger partial charge on any atom is 0.131 e. The van der Waals surface area contributed by atoms with Crippen LogP contribution in [0, 0.1) is 6.92 Å². The number of hydrogen-bond acceptors (Lipinski definition) is 1. The Kier molecular flexibility index (Phi) is 1.43. The lowest BCUT2D eigenvalue weighted by Crippen LogP contribution is -1.74. The molecule has 0 spiro atoms. The first-order valence-corrected chi connectivity index (χ1v) is 2.92. The van der Waals surface area contributed by atoms with E-state index in [9.17, 15) is 0 Å². The van der Waals surface area contributed by atoms with Gasteiger partial charge in [-0.1, -0.05) is 6.58 Å². The van der Waals surface area contributed by atoms with Crippen molar-refractivity contribution in [3.8, 4) is 0 Å². The van der Waals surface area contributed by atoms with E-state index in [0.717, 1.165) is 16.9 Å². The first-order valence-electron chi connectivity index (χ1n) is 2.92. The number of allylic oxidation sites excluding steroid dienone is 1. The molecule has 0 aliphatic rings. The molecule has 0 amide bonds. The Morgan fingerprint density at radius 1 is 1.67 bits per heavy atom. The molecule has 1 nitrogen and oxygen atoms in total. The maximum atomic E-state index is 5.13. The topological polar surface area (TPSA) is 13.1 Å². The lowest BCUT2D eigenvalue weighted by atomic mass is 10.2. The van der Waals surface area contributed by atoms with Gasteiger partial charge in [0.25, 0.3) is 0 Å². The molecule has 1 rings (SSSR count). The van der Waals surface area contributed by atoms with Gasteiger partial charge in [-0.2, -0.15) is 0 Å². The van der Waals surface area contributed by atoms with Gasteiger partial charge in [-0.3, -0.25) is 0 Å². The van der Waals surface area contributed by atoms with E-state index in [-0.39, 0.29) is 0 Å². The van der Waals surface area contributed by atoms with E-state index in [1.54, 1.807) is 6.26 Å². The van der Waals surface area contributed by atoms with Crippen LogP contribution in [0.2, 0.25) is 0 Å². The summed E-state index contributed by atoms with van der Waals surface area (Å²) in [6, 6.07) is 1.93. The van der Waals surface area contributed by atoms with Crippen molar-refractivity contribution in [1.82, 2.24) is 0 Å². The second-order valence-electron chi connectivity index (χ2n) is 2.21. The van der Waals surface area contributed by atoms with Gasteiger partial charge >= 0.3 is 0 Å². The van der Waals surface area contributed by atoms with Crippen LogP contribution in [-0.4, -0.2) is 0 Å². The highest BCUT2D eigenvalue weighted by atomic mass is 16.3. The molecule has 0 aliphatic carbocycles. The minimum Gasteiger partial charge on any atom is -0.464 e. The zero-order valence-corrected chi connectivity index (χ0v) is 5.77. The van der Waals surface area contributed by atoms with E-state index >= 15 is 0 Å². The summed E-state index contributed by atoms with van der Waals surface area (Å²) < 4.78 is 5.13. The molecule has 1 heteroatoms. The first kappa shape index (κ1) is 6.14. The van der Waals surface area contributed by atoms with Crippen LogP contribution in [0.5, 0.6) is 0 Å². The predicted molar refractivity (Wildman–Crippen MR) is 38.2 cm³/mol. The quantitative estimate of drug-likeness (QED) is 0.558. The summed E-state index contributed by atoms with van der Waals surface area (Å²) in [5.41, 5.74) is 2.14. The van der Waals surface area contributed by atoms with Gasteiger partial charge in [0, 0.05) is 0 Å². The van der Waals surface area contributed by atoms with Gasteiger partial charge in [-0.05, 0) is 31.1 Å². The standard InChI is InChI=1S/C8H10O/c1-6(2)8-7(3)4-5-9-8/h4-5H,1H2,2-3H3. The van der Waals surface area contributed by atoms with Crippen molar-refractivity contribution in [3.63, 3.8) is 0 Å². The molecule has 48 valence electrons. The minimum absolute atomic E-state index is 0.912. The largest absolute Gasteiger partial charge is 0.464 e. The van der Waals surface area contributed by atoms with Crippen molar-refractivity contribution >= 4 is 5.57 Å². The SMILES string of the molecule is C=C(C)c1occc1C. The Bertz CT molecular complexity index is 220. The zero-order chi connectivity index (χ0) is 6.85. The number of hydrogen-bond donors (Lipinski definition) is 0. The summed E-state index contributed by atoms with van der Waals surface area (Å²) in [7, 11) is 0. The first-order chi connectivity index (χ1) is 4.22. The number of furan rings is 1. The van der Waals surface area contributed by atoms with Crippen LogP contribution in [0.4, 0.5) is 0 Å². The summed E-state index contributed by atoms with van der Waals surface area (Å²) in [4.78, 5) is 0. The molecule has 0 atom stereocenters. The van der Waals surface area contributed by atoms with Crippen molar-refractivity contribution in [2.45, 2.75) is 13.8 Å². The molecule has 0 radical (unpaired) electrons. The zero-order valence-electron chi connectivity index (χ0n) is 5.77. The van der Waals surface area contributed by atoms with Gasteiger partial charge in [0.1, 0.15) is 5.76 Å². The Balaban J connectivity index is 3.08. The fourth-order valence-corrected chi connectivity index (χ4v) is 0.810. The Hall–Kier alpha value is -0.980. The van der Waals surface area contributed by atoms with Crippen LogP contribution >= 0.6 is 0 Å². The highest BCUT2D eigenvalue weighted by Crippen LogP contribution is 2.16. The van der Waals surface area contributed by atoms with Crippen LogP contribution in [0.25, 0.3) is 5.57 Å². The summed E-state index contributed by atoms with van der Waals surface area (Å²) in [5.74, 6) is 0.912. The van der Waals surface area contributed by atoms with Crippen molar-refractivity contribution in [2.24, 2.45) is 0 Å². The fraction of sp³-hybridized carbons (Fsp3) is 0.250. The Morgan fingerprint density at radius 2 is 2.33 bits per heavy atom. The number of rotatable bonds is 1. The van der Waals surface area contributed by atoms with Crippen molar-refractivity contribution < 1.29 is 4.42 Å². The van der Waals surface area contributed by atoms with Crippen LogP contribution in [0.1, 0.15) is 18.2 Å². The van der Waals surface area contributed by atoms with Gasteiger partial charge in [0.2, 0.25) is 0 Å². The van der Waals surface area contributed by atoms with Crippen LogP contribution in [0.3, 0.4) is 0 Å². The molecule has 0 aliphatic heterocycles. The summed E-state index contributed by atoms with van der Waals surface area (Å²) >= 11 is 0. The van der Waals surface area contributed by atoms with E-state index in [2.05, 4.69) is 6.58 Å². The summed E-state index contributed by atoms with van der Waals surface area (Å²) in [5, 5.41) is 0. The third kappa shape index (κ3) is 1.04. The maximum absolute atomic E-state index is 5.13. The van der Waals surface area contributed by atoms with Gasteiger partial charge < -0.3 is 4.42 Å². The van der Waals surface area contributed by atoms with Gasteiger partial charge in [-0.15, -0.1) is 0 Å². The second-order valence-corrected chi connectivity index (χ2v) is 2.21. The van der Waals surface area contributed by atoms with Crippen LogP contribution in [-0.2, 0) is 0 Å². The Labute approximate surface area is 55.0 Å². The van der Waals surface area contributed by atoms with Crippen molar-refractivity contribution in [3.05, 3.63) is 30.2 Å². The van der Waals surface area contributed by atoms with Crippen molar-refractivity contribution in [1.29, 1.82) is 0 Å². The molecule has 0 unspecified atom stereocenters. The third-order valence-corrected chi connectivity index (χ3v) is 1.25. The molecule has 1 heterocycles. The number of aryl methyl sites for hydroxylation is 1. The molecule has 0 aromatic carbocycles. The highest BCUT2D eigenvalue weighted by molar-refractivity contribution is 5.58. The molecule has 1 aromatic heterocycles. The summed E-state index contributed by atoms with van der Waals surface area (Å²) in [6.45, 7) is 7.71. The van der Waals surface area contributed by atoms with Gasteiger partial charge in [-0.25, -0.2) is 0 Å². The lowest BCUT2D eigenvalue weighted by Gasteiger charge is -1.92. The molecular weight excluding hydrogens is 112 g/mol. The van der Waals surface area contributed by atoms with Crippen molar-refractivity contribution in [2.75, 3.05) is 0 Å². The molecule has 0 fully saturated rings. The smallest absolute Gasteiger partial charge is 0.131 e. The van der Waals surface area contributed by atoms with Gasteiger partial charge in [0.05, 0.1) is 6.26 Å². The van der Waals surface area contributed by atoms with E-state index in [1.165, 1.54) is 0 Å². The van der Waals surface area contributed by atoms with E-state index in [0.29, 0.717) is 0 Å². The van der Waals surface area contributed by atoms with Crippen LogP contribution in [0.15, 0.2) is 23.3 Å². The lowest BCUT2D eigenvalue weighted by molar-refractivity contribution is 0.551. The second kappa shape index (κ2) is 2.09. The molecular formula is C8H10O. The average Bonchev–Trinajstić information content (AvgIpc) is 2.13. The fourth-order valence-electron chi connectivity index (χ4n) is 0.810. The molecule has 0 bridgehead atoms.